The van der Waals surface area contributed by atoms with Crippen molar-refractivity contribution in [2.75, 3.05) is 20.6 Å². The van der Waals surface area contributed by atoms with Gasteiger partial charge in [0.1, 0.15) is 0 Å². The third-order valence-corrected chi connectivity index (χ3v) is 6.15. The van der Waals surface area contributed by atoms with Crippen molar-refractivity contribution < 1.29 is 13.2 Å². The van der Waals surface area contributed by atoms with Crippen LogP contribution in [0.2, 0.25) is 0 Å². The molecule has 0 saturated heterocycles. The third-order valence-electron chi connectivity index (χ3n) is 3.81. The van der Waals surface area contributed by atoms with Crippen molar-refractivity contribution in [1.82, 2.24) is 9.21 Å². The predicted octanol–water partition coefficient (Wildman–Crippen LogP) is 2.60. The van der Waals surface area contributed by atoms with Crippen molar-refractivity contribution in [2.45, 2.75) is 11.4 Å². The summed E-state index contributed by atoms with van der Waals surface area (Å²) in [7, 11) is -0.746. The van der Waals surface area contributed by atoms with Gasteiger partial charge in [-0.15, -0.1) is 0 Å². The summed E-state index contributed by atoms with van der Waals surface area (Å²) in [5.74, 6) is -0.322. The summed E-state index contributed by atoms with van der Waals surface area (Å²) in [5, 5.41) is 8.80. The highest BCUT2D eigenvalue weighted by atomic mass is 79.9. The zero-order valence-electron chi connectivity index (χ0n) is 14.4. The zero-order chi connectivity index (χ0) is 19.3. The Hall–Kier alpha value is -2.21. The Kier molecular flexibility index (Phi) is 6.53. The van der Waals surface area contributed by atoms with Crippen LogP contribution in [-0.2, 0) is 21.4 Å². The smallest absolute Gasteiger partial charge is 0.243 e. The largest absolute Gasteiger partial charge is 0.340 e. The maximum absolute atomic E-state index is 12.5. The van der Waals surface area contributed by atoms with Gasteiger partial charge in [-0.2, -0.15) is 9.57 Å². The lowest BCUT2D eigenvalue weighted by molar-refractivity contribution is -0.130. The Bertz CT molecular complexity index is 920. The molecule has 0 radical (unpaired) electrons. The van der Waals surface area contributed by atoms with Gasteiger partial charge in [-0.1, -0.05) is 28.1 Å². The Labute approximate surface area is 161 Å². The van der Waals surface area contributed by atoms with E-state index in [1.165, 1.54) is 24.1 Å². The van der Waals surface area contributed by atoms with Gasteiger partial charge in [-0.3, -0.25) is 4.79 Å². The molecule has 0 atom stereocenters. The Morgan fingerprint density at radius 1 is 1.08 bits per heavy atom. The Morgan fingerprint density at radius 3 is 2.19 bits per heavy atom. The van der Waals surface area contributed by atoms with E-state index in [0.717, 1.165) is 14.3 Å². The first-order valence-corrected chi connectivity index (χ1v) is 9.92. The second-order valence-corrected chi connectivity index (χ2v) is 8.73. The number of carbonyl (C=O) groups is 1. The number of benzene rings is 2. The molecule has 2 aromatic rings. The van der Waals surface area contributed by atoms with E-state index in [1.54, 1.807) is 43.4 Å². The SMILES string of the molecule is CN(Cc1ccc(C#N)cc1)C(=O)CN(C)S(=O)(=O)c1ccc(Br)cc1. The monoisotopic (exact) mass is 435 g/mol. The van der Waals surface area contributed by atoms with Crippen molar-refractivity contribution in [3.63, 3.8) is 0 Å². The number of hydrogen-bond acceptors (Lipinski definition) is 4. The summed E-state index contributed by atoms with van der Waals surface area (Å²) in [5.41, 5.74) is 1.40. The molecule has 0 aliphatic rings. The van der Waals surface area contributed by atoms with E-state index >= 15 is 0 Å². The number of likely N-dealkylation sites (N-methyl/N-ethyl adjacent to an activating group) is 2. The fourth-order valence-corrected chi connectivity index (χ4v) is 3.61. The number of rotatable bonds is 6. The van der Waals surface area contributed by atoms with E-state index in [2.05, 4.69) is 15.9 Å². The molecule has 0 spiro atoms. The molecular weight excluding hydrogens is 418 g/mol. The van der Waals surface area contributed by atoms with E-state index in [9.17, 15) is 13.2 Å². The van der Waals surface area contributed by atoms with Crippen LogP contribution in [0.1, 0.15) is 11.1 Å². The molecule has 2 aromatic carbocycles. The van der Waals surface area contributed by atoms with Gasteiger partial charge in [0.05, 0.1) is 23.1 Å². The van der Waals surface area contributed by atoms with Crippen molar-refractivity contribution in [3.05, 3.63) is 64.1 Å². The van der Waals surface area contributed by atoms with Crippen LogP contribution in [0.5, 0.6) is 0 Å². The highest BCUT2D eigenvalue weighted by Crippen LogP contribution is 2.18. The van der Waals surface area contributed by atoms with Crippen LogP contribution in [0.4, 0.5) is 0 Å². The molecule has 0 bridgehead atoms. The zero-order valence-corrected chi connectivity index (χ0v) is 16.8. The minimum atomic E-state index is -3.74. The van der Waals surface area contributed by atoms with Gasteiger partial charge in [0.15, 0.2) is 0 Å². The first kappa shape index (κ1) is 20.1. The molecule has 0 aromatic heterocycles. The van der Waals surface area contributed by atoms with Crippen LogP contribution in [0.3, 0.4) is 0 Å². The molecule has 2 rings (SSSR count). The van der Waals surface area contributed by atoms with Crippen molar-refractivity contribution in [1.29, 1.82) is 5.26 Å². The Balaban J connectivity index is 2.02. The second kappa shape index (κ2) is 8.45. The molecule has 1 amide bonds. The van der Waals surface area contributed by atoms with Crippen LogP contribution in [0.25, 0.3) is 0 Å². The lowest BCUT2D eigenvalue weighted by Crippen LogP contribution is -2.39. The van der Waals surface area contributed by atoms with Crippen LogP contribution in [-0.4, -0.2) is 44.2 Å². The molecular formula is C18H18BrN3O3S. The minimum absolute atomic E-state index is 0.130. The quantitative estimate of drug-likeness (QED) is 0.697. The van der Waals surface area contributed by atoms with Gasteiger partial charge < -0.3 is 4.90 Å². The summed E-state index contributed by atoms with van der Waals surface area (Å²) in [4.78, 5) is 14.0. The summed E-state index contributed by atoms with van der Waals surface area (Å²) < 4.78 is 26.9. The topological polar surface area (TPSA) is 81.5 Å². The lowest BCUT2D eigenvalue weighted by Gasteiger charge is -2.22. The second-order valence-electron chi connectivity index (χ2n) is 5.77. The molecule has 0 aliphatic carbocycles. The molecule has 0 saturated carbocycles. The number of nitrogens with zero attached hydrogens (tertiary/aromatic N) is 3. The van der Waals surface area contributed by atoms with Gasteiger partial charge in [0, 0.05) is 25.1 Å². The van der Waals surface area contributed by atoms with E-state index in [-0.39, 0.29) is 17.3 Å². The molecule has 0 N–H and O–H groups in total. The summed E-state index contributed by atoms with van der Waals surface area (Å²) in [6, 6.07) is 15.2. The van der Waals surface area contributed by atoms with Crippen LogP contribution < -0.4 is 0 Å². The van der Waals surface area contributed by atoms with Crippen LogP contribution in [0, 0.1) is 11.3 Å². The molecule has 0 fully saturated rings. The number of nitriles is 1. The highest BCUT2D eigenvalue weighted by Gasteiger charge is 2.24. The first-order chi connectivity index (χ1) is 12.2. The summed E-state index contributed by atoms with van der Waals surface area (Å²) in [6.45, 7) is 0.0713. The standard InChI is InChI=1S/C18H18BrN3O3S/c1-21(12-15-5-3-14(11-20)4-6-15)18(23)13-22(2)26(24,25)17-9-7-16(19)8-10-17/h3-10H,12-13H2,1-2H3. The first-order valence-electron chi connectivity index (χ1n) is 7.69. The number of hydrogen-bond donors (Lipinski definition) is 0. The molecule has 0 aliphatic heterocycles. The summed E-state index contributed by atoms with van der Waals surface area (Å²) in [6.07, 6.45) is 0. The molecule has 0 heterocycles. The third kappa shape index (κ3) is 4.91. The van der Waals surface area contributed by atoms with E-state index < -0.39 is 10.0 Å². The fourth-order valence-electron chi connectivity index (χ4n) is 2.23. The Morgan fingerprint density at radius 2 is 1.65 bits per heavy atom. The number of halogens is 1. The van der Waals surface area contributed by atoms with Gasteiger partial charge in [0.25, 0.3) is 0 Å². The number of amides is 1. The van der Waals surface area contributed by atoms with E-state index in [4.69, 9.17) is 5.26 Å². The molecule has 0 unspecified atom stereocenters. The summed E-state index contributed by atoms with van der Waals surface area (Å²) >= 11 is 3.26. The average Bonchev–Trinajstić information content (AvgIpc) is 2.62. The molecule has 26 heavy (non-hydrogen) atoms. The van der Waals surface area contributed by atoms with Gasteiger partial charge in [0.2, 0.25) is 15.9 Å². The molecule has 136 valence electrons. The molecule has 8 heteroatoms. The van der Waals surface area contributed by atoms with Gasteiger partial charge in [-0.25, -0.2) is 8.42 Å². The van der Waals surface area contributed by atoms with Gasteiger partial charge >= 0.3 is 0 Å². The highest BCUT2D eigenvalue weighted by molar-refractivity contribution is 9.10. The van der Waals surface area contributed by atoms with E-state index in [0.29, 0.717) is 12.1 Å². The number of sulfonamides is 1. The average molecular weight is 436 g/mol. The van der Waals surface area contributed by atoms with Crippen molar-refractivity contribution in [3.8, 4) is 6.07 Å². The van der Waals surface area contributed by atoms with Gasteiger partial charge in [-0.05, 0) is 42.0 Å². The minimum Gasteiger partial charge on any atom is -0.340 e. The lowest BCUT2D eigenvalue weighted by atomic mass is 10.1. The maximum atomic E-state index is 12.5. The maximum Gasteiger partial charge on any atom is 0.243 e. The predicted molar refractivity (Wildman–Crippen MR) is 102 cm³/mol. The fraction of sp³-hybridized carbons (Fsp3) is 0.222. The van der Waals surface area contributed by atoms with Crippen LogP contribution >= 0.6 is 15.9 Å². The van der Waals surface area contributed by atoms with Crippen molar-refractivity contribution >= 4 is 31.9 Å². The van der Waals surface area contributed by atoms with Crippen molar-refractivity contribution in [2.24, 2.45) is 0 Å². The normalized spacial score (nSPS) is 11.2. The van der Waals surface area contributed by atoms with Crippen LogP contribution in [0.15, 0.2) is 57.9 Å². The number of carbonyl (C=O) groups excluding carboxylic acids is 1. The van der Waals surface area contributed by atoms with E-state index in [1.807, 2.05) is 6.07 Å². The molecule has 6 nitrogen and oxygen atoms in total.